The van der Waals surface area contributed by atoms with Crippen molar-refractivity contribution in [2.75, 3.05) is 0 Å². The van der Waals surface area contributed by atoms with E-state index in [1.54, 1.807) is 22.7 Å². The third kappa shape index (κ3) is 15.8. The van der Waals surface area contributed by atoms with Gasteiger partial charge in [-0.05, 0) is 0 Å². The molecule has 0 atom stereocenters. The number of thiophene rings is 2. The molecule has 10 heteroatoms. The van der Waals surface area contributed by atoms with Crippen LogP contribution in [0.15, 0.2) is 0 Å². The quantitative estimate of drug-likeness (QED) is 0.0384. The molecule has 2 nitrogen and oxygen atoms in total. The van der Waals surface area contributed by atoms with Crippen LogP contribution in [-0.2, 0) is 12.8 Å². The van der Waals surface area contributed by atoms with Crippen molar-refractivity contribution in [1.82, 2.24) is 9.97 Å². The summed E-state index contributed by atoms with van der Waals surface area (Å²) in [6, 6.07) is 0. The monoisotopic (exact) mass is 1090 g/mol. The predicted octanol–water partition coefficient (Wildman–Crippen LogP) is 18.1. The van der Waals surface area contributed by atoms with Gasteiger partial charge in [0.15, 0.2) is 0 Å². The van der Waals surface area contributed by atoms with E-state index in [2.05, 4.69) is 43.5 Å². The first-order valence-corrected chi connectivity index (χ1v) is 46.8. The minimum atomic E-state index is -2.41. The second kappa shape index (κ2) is 25.9. The molecule has 0 unspecified atom stereocenters. The predicted molar refractivity (Wildman–Crippen MR) is 267 cm³/mol. The first-order valence-electron chi connectivity index (χ1n) is 22.8. The minimum absolute atomic E-state index is 1.06. The molecule has 0 fully saturated rings. The average molecular weight is 1090 g/mol. The van der Waals surface area contributed by atoms with E-state index in [0.29, 0.717) is 0 Å². The first kappa shape index (κ1) is 49.7. The van der Waals surface area contributed by atoms with Gasteiger partial charge in [-0.15, -0.1) is 0 Å². The van der Waals surface area contributed by atoms with Gasteiger partial charge in [-0.25, -0.2) is 0 Å². The normalized spacial score (nSPS) is 12.5. The molecule has 4 aromatic rings. The van der Waals surface area contributed by atoms with Crippen molar-refractivity contribution < 1.29 is 0 Å². The van der Waals surface area contributed by atoms with Crippen LogP contribution in [0.2, 0.25) is 39.7 Å². The molecule has 0 N–H and O–H groups in total. The summed E-state index contributed by atoms with van der Waals surface area (Å²) in [6.45, 7) is 4.60. The van der Waals surface area contributed by atoms with Crippen LogP contribution in [0.1, 0.15) is 179 Å². The van der Waals surface area contributed by atoms with E-state index >= 15 is 0 Å². The van der Waals surface area contributed by atoms with E-state index in [-0.39, 0.29) is 0 Å². The van der Waals surface area contributed by atoms with Crippen molar-refractivity contribution >= 4 is 121 Å². The molecule has 0 radical (unpaired) electrons. The van der Waals surface area contributed by atoms with E-state index < -0.39 is 36.8 Å². The summed E-state index contributed by atoms with van der Waals surface area (Å²) in [5.74, 6) is 0. The van der Waals surface area contributed by atoms with E-state index in [4.69, 9.17) is 33.2 Å². The molecule has 4 rings (SSSR count). The van der Waals surface area contributed by atoms with Gasteiger partial charge in [0, 0.05) is 0 Å². The number of hydrogen-bond acceptors (Lipinski definition) is 6. The van der Waals surface area contributed by atoms with Crippen LogP contribution in [0.5, 0.6) is 0 Å². The van der Waals surface area contributed by atoms with Crippen LogP contribution >= 0.6 is 68.5 Å². The Labute approximate surface area is 377 Å². The standard InChI is InChI=1S/C40H58Cl2N2S4.6CH3.2Sn/c1-3-5-7-9-11-13-15-17-19-21-23-25-27-31-33(41)29-45-35(31)37-43-39-40(47-37)44-38(48-39)36-32(34(42)30-46-36)28-26-24-22-20-18-16-14-12-10-8-6-4-2;;;;;;;;/h3-28H2,1-2H3;6*1H3;;. The summed E-state index contributed by atoms with van der Waals surface area (Å²) in [5, 5.41) is 4.39. The fourth-order valence-electron chi connectivity index (χ4n) is 7.77. The molecule has 316 valence electrons. The van der Waals surface area contributed by atoms with Gasteiger partial charge in [0.1, 0.15) is 0 Å². The maximum absolute atomic E-state index is 7.29. The number of nitrogens with zero attached hydrogens (tertiary/aromatic N) is 2. The van der Waals surface area contributed by atoms with Crippen LogP contribution in [0, 0.1) is 0 Å². The molecule has 0 aromatic carbocycles. The van der Waals surface area contributed by atoms with Crippen LogP contribution in [0.25, 0.3) is 29.4 Å². The van der Waals surface area contributed by atoms with Crippen LogP contribution in [0.3, 0.4) is 0 Å². The Morgan fingerprint density at radius 1 is 0.393 bits per heavy atom. The number of hydrogen-bond donors (Lipinski definition) is 0. The molecule has 0 amide bonds. The Balaban J connectivity index is 1.39. The van der Waals surface area contributed by atoms with Crippen molar-refractivity contribution in [3.05, 3.63) is 21.2 Å². The number of rotatable bonds is 30. The Morgan fingerprint density at radius 3 is 0.929 bits per heavy atom. The Morgan fingerprint density at radius 2 is 0.661 bits per heavy atom. The number of halogens is 2. The maximum atomic E-state index is 7.29. The Bertz CT molecular complexity index is 1560. The van der Waals surface area contributed by atoms with Crippen molar-refractivity contribution in [2.45, 2.75) is 210 Å². The molecule has 0 bridgehead atoms. The molecule has 0 aliphatic heterocycles. The average Bonchev–Trinajstić information content (AvgIpc) is 3.89. The van der Waals surface area contributed by atoms with Gasteiger partial charge in [0.05, 0.1) is 0 Å². The van der Waals surface area contributed by atoms with Crippen LogP contribution in [0.4, 0.5) is 0 Å². The van der Waals surface area contributed by atoms with Crippen LogP contribution < -0.4 is 5.79 Å². The summed E-state index contributed by atoms with van der Waals surface area (Å²) < 4.78 is 2.99. The molecular formula is C46H76Cl2N2S4Sn2. The van der Waals surface area contributed by atoms with E-state index in [9.17, 15) is 0 Å². The number of unbranched alkanes of at least 4 members (excludes halogenated alkanes) is 22. The second-order valence-electron chi connectivity index (χ2n) is 18.5. The van der Waals surface area contributed by atoms with Gasteiger partial charge >= 0.3 is 317 Å². The van der Waals surface area contributed by atoms with Gasteiger partial charge in [0.25, 0.3) is 0 Å². The summed E-state index contributed by atoms with van der Waals surface area (Å²) in [4.78, 5) is 30.4. The van der Waals surface area contributed by atoms with Crippen molar-refractivity contribution in [3.63, 3.8) is 0 Å². The number of aromatic nitrogens is 2. The SMILES string of the molecule is CCCCCCCCCCCCCCc1c(-c2nc3sc(-c4s[c]([Sn]([CH3])([CH3])[CH3])c(Cl)c4CCCCCCCCCCCCCC)nc3s2)s[c]([Sn]([CH3])([CH3])[CH3])c1Cl. The molecule has 0 aliphatic rings. The van der Waals surface area contributed by atoms with Crippen molar-refractivity contribution in [1.29, 1.82) is 0 Å². The Hall–Kier alpha value is 1.10. The second-order valence-corrected chi connectivity index (χ2v) is 53.9. The molecule has 0 saturated heterocycles. The third-order valence-electron chi connectivity index (χ3n) is 11.2. The topological polar surface area (TPSA) is 25.8 Å². The first-order chi connectivity index (χ1) is 26.9. The fraction of sp³-hybridized carbons (Fsp3) is 0.739. The van der Waals surface area contributed by atoms with Gasteiger partial charge in [0.2, 0.25) is 0 Å². The third-order valence-corrected chi connectivity index (χ3v) is 36.7. The van der Waals surface area contributed by atoms with E-state index in [1.807, 2.05) is 22.7 Å². The van der Waals surface area contributed by atoms with Crippen molar-refractivity contribution in [3.8, 4) is 19.8 Å². The van der Waals surface area contributed by atoms with E-state index in [0.717, 1.165) is 42.6 Å². The van der Waals surface area contributed by atoms with Crippen molar-refractivity contribution in [2.24, 2.45) is 0 Å². The molecule has 56 heavy (non-hydrogen) atoms. The van der Waals surface area contributed by atoms with Gasteiger partial charge in [-0.2, -0.15) is 0 Å². The Kier molecular flexibility index (Phi) is 23.0. The molecule has 4 aromatic heterocycles. The number of fused-ring (bicyclic) bond motifs is 1. The summed E-state index contributed by atoms with van der Waals surface area (Å²) >= 11 is 17.2. The fourth-order valence-corrected chi connectivity index (χ4v) is 28.7. The molecule has 0 spiro atoms. The van der Waals surface area contributed by atoms with Crippen LogP contribution in [-0.4, -0.2) is 46.7 Å². The zero-order chi connectivity index (χ0) is 40.6. The summed E-state index contributed by atoms with van der Waals surface area (Å²) in [7, 11) is 0. The number of thiazole rings is 2. The molecular weight excluding hydrogens is 1020 g/mol. The molecule has 0 aliphatic carbocycles. The zero-order valence-corrected chi connectivity index (χ0v) is 47.2. The van der Waals surface area contributed by atoms with E-state index in [1.165, 1.54) is 181 Å². The molecule has 0 saturated carbocycles. The van der Waals surface area contributed by atoms with Gasteiger partial charge in [-0.3, -0.25) is 0 Å². The zero-order valence-electron chi connectivity index (χ0n) is 36.7. The summed E-state index contributed by atoms with van der Waals surface area (Å²) in [5.41, 5.74) is 2.73. The van der Waals surface area contributed by atoms with Gasteiger partial charge in [-0.1, -0.05) is 65.2 Å². The summed E-state index contributed by atoms with van der Waals surface area (Å²) in [6.07, 6.45) is 35.0. The van der Waals surface area contributed by atoms with Gasteiger partial charge < -0.3 is 0 Å². The molecule has 4 heterocycles.